The maximum atomic E-state index is 11.9. The van der Waals surface area contributed by atoms with Crippen LogP contribution in [-0.2, 0) is 15.1 Å². The molecule has 0 radical (unpaired) electrons. The van der Waals surface area contributed by atoms with Crippen LogP contribution in [-0.4, -0.2) is 25.7 Å². The van der Waals surface area contributed by atoms with Gasteiger partial charge in [-0.3, -0.25) is 4.79 Å². The number of carbonyl (C=O) groups excluding carboxylic acids is 1. The lowest BCUT2D eigenvalue weighted by atomic mass is 9.90. The minimum absolute atomic E-state index is 0.0655. The molecule has 0 fully saturated rings. The molecule has 0 aliphatic rings. The van der Waals surface area contributed by atoms with Crippen molar-refractivity contribution in [2.75, 3.05) is 13.7 Å². The summed E-state index contributed by atoms with van der Waals surface area (Å²) in [5.41, 5.74) is 5.43. The second-order valence-electron chi connectivity index (χ2n) is 5.15. The van der Waals surface area contributed by atoms with Gasteiger partial charge in [0.1, 0.15) is 5.54 Å². The van der Waals surface area contributed by atoms with Crippen molar-refractivity contribution < 1.29 is 9.53 Å². The van der Waals surface area contributed by atoms with Gasteiger partial charge in [-0.2, -0.15) is 0 Å². The number of benzene rings is 1. The van der Waals surface area contributed by atoms with Crippen molar-refractivity contribution in [1.29, 1.82) is 0 Å². The van der Waals surface area contributed by atoms with E-state index in [9.17, 15) is 4.79 Å². The fraction of sp³-hybridized carbons (Fsp3) is 0.533. The van der Waals surface area contributed by atoms with Gasteiger partial charge >= 0.3 is 0 Å². The zero-order chi connectivity index (χ0) is 14.5. The predicted molar refractivity (Wildman–Crippen MR) is 76.6 cm³/mol. The molecule has 106 valence electrons. The summed E-state index contributed by atoms with van der Waals surface area (Å²) in [5.74, 6) is -0.0460. The van der Waals surface area contributed by atoms with E-state index in [4.69, 9.17) is 10.5 Å². The lowest BCUT2D eigenvalue weighted by molar-refractivity contribution is -0.129. The molecule has 0 saturated carbocycles. The Hall–Kier alpha value is -1.39. The van der Waals surface area contributed by atoms with E-state index in [1.165, 1.54) is 0 Å². The third-order valence-electron chi connectivity index (χ3n) is 3.62. The van der Waals surface area contributed by atoms with Crippen molar-refractivity contribution in [3.8, 4) is 0 Å². The number of nitrogens with two attached hydrogens (primary N) is 1. The van der Waals surface area contributed by atoms with E-state index < -0.39 is 11.4 Å². The Morgan fingerprint density at radius 1 is 1.32 bits per heavy atom. The van der Waals surface area contributed by atoms with Crippen molar-refractivity contribution in [1.82, 2.24) is 5.32 Å². The highest BCUT2D eigenvalue weighted by Crippen LogP contribution is 2.22. The molecule has 0 aliphatic heterocycles. The molecular formula is C15H24N2O2. The van der Waals surface area contributed by atoms with E-state index in [0.29, 0.717) is 5.92 Å². The summed E-state index contributed by atoms with van der Waals surface area (Å²) in [6, 6.07) is 9.43. The molecule has 1 rings (SSSR count). The molecule has 3 N–H and O–H groups in total. The SMILES string of the molecule is CNC(COC(C)C(C)C)(C(N)=O)c1ccccc1. The van der Waals surface area contributed by atoms with E-state index >= 15 is 0 Å². The monoisotopic (exact) mass is 264 g/mol. The molecule has 0 heterocycles. The first-order valence-electron chi connectivity index (χ1n) is 6.60. The van der Waals surface area contributed by atoms with Crippen LogP contribution in [0.1, 0.15) is 26.3 Å². The number of hydrogen-bond donors (Lipinski definition) is 2. The van der Waals surface area contributed by atoms with E-state index in [1.807, 2.05) is 37.3 Å². The lowest BCUT2D eigenvalue weighted by Gasteiger charge is -2.32. The summed E-state index contributed by atoms with van der Waals surface area (Å²) in [6.07, 6.45) is 0.0655. The number of ether oxygens (including phenoxy) is 1. The molecule has 1 aromatic carbocycles. The average Bonchev–Trinajstić information content (AvgIpc) is 2.40. The van der Waals surface area contributed by atoms with Gasteiger partial charge in [0, 0.05) is 0 Å². The quantitative estimate of drug-likeness (QED) is 0.787. The smallest absolute Gasteiger partial charge is 0.244 e. The van der Waals surface area contributed by atoms with Crippen LogP contribution in [0, 0.1) is 5.92 Å². The Labute approximate surface area is 115 Å². The first-order valence-corrected chi connectivity index (χ1v) is 6.60. The van der Waals surface area contributed by atoms with Gasteiger partial charge < -0.3 is 15.8 Å². The fourth-order valence-corrected chi connectivity index (χ4v) is 1.81. The van der Waals surface area contributed by atoms with Crippen molar-refractivity contribution in [2.24, 2.45) is 11.7 Å². The Balaban J connectivity index is 2.98. The van der Waals surface area contributed by atoms with Crippen molar-refractivity contribution in [3.05, 3.63) is 35.9 Å². The first-order chi connectivity index (χ1) is 8.94. The standard InChI is InChI=1S/C15H24N2O2/c1-11(2)12(3)19-10-15(17-4,14(16)18)13-8-6-5-7-9-13/h5-9,11-12,17H,10H2,1-4H3,(H2,16,18). The van der Waals surface area contributed by atoms with Crippen LogP contribution in [0.3, 0.4) is 0 Å². The third kappa shape index (κ3) is 3.55. The second-order valence-corrected chi connectivity index (χ2v) is 5.15. The average molecular weight is 264 g/mol. The van der Waals surface area contributed by atoms with Gasteiger partial charge in [0.15, 0.2) is 0 Å². The van der Waals surface area contributed by atoms with Crippen LogP contribution >= 0.6 is 0 Å². The van der Waals surface area contributed by atoms with Crippen LogP contribution in [0.25, 0.3) is 0 Å². The molecule has 0 aliphatic carbocycles. The highest BCUT2D eigenvalue weighted by Gasteiger charge is 2.38. The minimum atomic E-state index is -0.982. The van der Waals surface area contributed by atoms with Crippen molar-refractivity contribution in [3.63, 3.8) is 0 Å². The number of primary amides is 1. The van der Waals surface area contributed by atoms with Crippen LogP contribution in [0.2, 0.25) is 0 Å². The Kier molecular flexibility index (Phi) is 5.51. The number of nitrogens with one attached hydrogen (secondary N) is 1. The molecule has 1 aromatic rings. The third-order valence-corrected chi connectivity index (χ3v) is 3.62. The molecule has 4 nitrogen and oxygen atoms in total. The van der Waals surface area contributed by atoms with Gasteiger partial charge in [-0.05, 0) is 25.5 Å². The maximum absolute atomic E-state index is 11.9. The molecule has 0 bridgehead atoms. The second kappa shape index (κ2) is 6.68. The van der Waals surface area contributed by atoms with Gasteiger partial charge in [0.25, 0.3) is 0 Å². The molecule has 2 atom stereocenters. The van der Waals surface area contributed by atoms with Crippen LogP contribution in [0.5, 0.6) is 0 Å². The number of hydrogen-bond acceptors (Lipinski definition) is 3. The first kappa shape index (κ1) is 15.7. The summed E-state index contributed by atoms with van der Waals surface area (Å²) in [7, 11) is 1.72. The fourth-order valence-electron chi connectivity index (χ4n) is 1.81. The summed E-state index contributed by atoms with van der Waals surface area (Å²) >= 11 is 0. The van der Waals surface area contributed by atoms with Gasteiger partial charge in [0.2, 0.25) is 5.91 Å². The number of carbonyl (C=O) groups is 1. The molecule has 2 unspecified atom stereocenters. The van der Waals surface area contributed by atoms with Crippen LogP contribution in [0.15, 0.2) is 30.3 Å². The molecule has 0 saturated heterocycles. The van der Waals surface area contributed by atoms with E-state index in [1.54, 1.807) is 7.05 Å². The summed E-state index contributed by atoms with van der Waals surface area (Å²) < 4.78 is 5.81. The Morgan fingerprint density at radius 3 is 2.32 bits per heavy atom. The Morgan fingerprint density at radius 2 is 1.89 bits per heavy atom. The topological polar surface area (TPSA) is 64.3 Å². The summed E-state index contributed by atoms with van der Waals surface area (Å²) in [6.45, 7) is 6.39. The highest BCUT2D eigenvalue weighted by atomic mass is 16.5. The normalized spacial score (nSPS) is 16.1. The summed E-state index contributed by atoms with van der Waals surface area (Å²) in [4.78, 5) is 11.9. The number of amides is 1. The zero-order valence-corrected chi connectivity index (χ0v) is 12.1. The minimum Gasteiger partial charge on any atom is -0.375 e. The van der Waals surface area contributed by atoms with Gasteiger partial charge in [-0.25, -0.2) is 0 Å². The van der Waals surface area contributed by atoms with Crippen molar-refractivity contribution in [2.45, 2.75) is 32.4 Å². The van der Waals surface area contributed by atoms with E-state index in [0.717, 1.165) is 5.56 Å². The lowest BCUT2D eigenvalue weighted by Crippen LogP contribution is -2.55. The summed E-state index contributed by atoms with van der Waals surface area (Å²) in [5, 5.41) is 3.03. The van der Waals surface area contributed by atoms with Crippen LogP contribution in [0.4, 0.5) is 0 Å². The van der Waals surface area contributed by atoms with E-state index in [2.05, 4.69) is 19.2 Å². The molecule has 1 amide bonds. The highest BCUT2D eigenvalue weighted by molar-refractivity contribution is 5.86. The van der Waals surface area contributed by atoms with E-state index in [-0.39, 0.29) is 12.7 Å². The molecular weight excluding hydrogens is 240 g/mol. The number of likely N-dealkylation sites (N-methyl/N-ethyl adjacent to an activating group) is 1. The van der Waals surface area contributed by atoms with Gasteiger partial charge in [-0.15, -0.1) is 0 Å². The van der Waals surface area contributed by atoms with Crippen LogP contribution < -0.4 is 11.1 Å². The predicted octanol–water partition coefficient (Wildman–Crippen LogP) is 1.65. The molecule has 0 aromatic heterocycles. The largest absolute Gasteiger partial charge is 0.375 e. The van der Waals surface area contributed by atoms with Gasteiger partial charge in [-0.1, -0.05) is 44.2 Å². The maximum Gasteiger partial charge on any atom is 0.244 e. The molecule has 4 heteroatoms. The molecule has 0 spiro atoms. The Bertz CT molecular complexity index is 406. The molecule has 19 heavy (non-hydrogen) atoms. The number of rotatable bonds is 7. The van der Waals surface area contributed by atoms with Gasteiger partial charge in [0.05, 0.1) is 12.7 Å². The zero-order valence-electron chi connectivity index (χ0n) is 12.1. The van der Waals surface area contributed by atoms with Crippen molar-refractivity contribution >= 4 is 5.91 Å².